The lowest BCUT2D eigenvalue weighted by molar-refractivity contribution is 0.0981. The zero-order valence-corrected chi connectivity index (χ0v) is 18.0. The Labute approximate surface area is 174 Å². The molecule has 0 aromatic carbocycles. The van der Waals surface area contributed by atoms with Gasteiger partial charge in [0.1, 0.15) is 11.0 Å². The highest BCUT2D eigenvalue weighted by atomic mass is 35.5. The van der Waals surface area contributed by atoms with Gasteiger partial charge in [-0.1, -0.05) is 18.5 Å². The first-order chi connectivity index (χ1) is 13.5. The Balaban J connectivity index is 1.92. The molecule has 0 saturated carbocycles. The van der Waals surface area contributed by atoms with E-state index in [0.29, 0.717) is 18.7 Å². The fourth-order valence-corrected chi connectivity index (χ4v) is 4.37. The van der Waals surface area contributed by atoms with Crippen LogP contribution >= 0.6 is 11.6 Å². The highest BCUT2D eigenvalue weighted by Crippen LogP contribution is 2.34. The average Bonchev–Trinajstić information content (AvgIpc) is 3.18. The van der Waals surface area contributed by atoms with Crippen LogP contribution in [0.1, 0.15) is 44.0 Å². The topological polar surface area (TPSA) is 121 Å². The van der Waals surface area contributed by atoms with Crippen molar-refractivity contribution < 1.29 is 13.2 Å². The van der Waals surface area contributed by atoms with E-state index in [1.165, 1.54) is 22.9 Å². The summed E-state index contributed by atoms with van der Waals surface area (Å²) < 4.78 is 28.8. The number of aromatic nitrogens is 3. The van der Waals surface area contributed by atoms with E-state index in [0.717, 1.165) is 6.42 Å². The van der Waals surface area contributed by atoms with Gasteiger partial charge in [0.05, 0.1) is 12.1 Å². The maximum Gasteiger partial charge on any atom is 0.283 e. The zero-order valence-electron chi connectivity index (χ0n) is 16.4. The molecule has 2 N–H and O–H groups in total. The number of halogens is 1. The standard InChI is InChI=1S/C18H23ClN6O3S/c1-4-8-24-9-7-15(22-24)29(27,28)23-17(26)13-5-6-14(19)21-16(13)25-11-12(20)10-18(25,2)3/h5-7,9,20H,4,8,10-11H2,1-3H3,(H,23,26). The number of hydrogen-bond donors (Lipinski definition) is 2. The minimum absolute atomic E-state index is 0.0636. The van der Waals surface area contributed by atoms with E-state index in [9.17, 15) is 13.2 Å². The fourth-order valence-electron chi connectivity index (χ4n) is 3.32. The van der Waals surface area contributed by atoms with Crippen molar-refractivity contribution in [3.05, 3.63) is 35.1 Å². The molecule has 156 valence electrons. The minimum atomic E-state index is -4.15. The van der Waals surface area contributed by atoms with Gasteiger partial charge in [0.25, 0.3) is 15.9 Å². The monoisotopic (exact) mass is 438 g/mol. The Morgan fingerprint density at radius 2 is 2.07 bits per heavy atom. The van der Waals surface area contributed by atoms with Gasteiger partial charge in [-0.25, -0.2) is 9.71 Å². The van der Waals surface area contributed by atoms with Gasteiger partial charge in [0.2, 0.25) is 0 Å². The van der Waals surface area contributed by atoms with E-state index in [2.05, 4.69) is 14.8 Å². The van der Waals surface area contributed by atoms with Crippen molar-refractivity contribution >= 4 is 39.1 Å². The smallest absolute Gasteiger partial charge is 0.283 e. The molecule has 11 heteroatoms. The lowest BCUT2D eigenvalue weighted by Gasteiger charge is -2.33. The number of carbonyl (C=O) groups is 1. The first-order valence-corrected chi connectivity index (χ1v) is 11.0. The third kappa shape index (κ3) is 4.43. The fraction of sp³-hybridized carbons (Fsp3) is 0.444. The molecule has 2 aromatic heterocycles. The van der Waals surface area contributed by atoms with Gasteiger partial charge in [-0.2, -0.15) is 13.5 Å². The number of hydrogen-bond acceptors (Lipinski definition) is 7. The van der Waals surface area contributed by atoms with Gasteiger partial charge >= 0.3 is 0 Å². The maximum atomic E-state index is 12.9. The molecule has 1 saturated heterocycles. The van der Waals surface area contributed by atoms with Gasteiger partial charge in [-0.05, 0) is 38.5 Å². The molecule has 1 aliphatic heterocycles. The second-order valence-corrected chi connectivity index (χ2v) is 9.55. The van der Waals surface area contributed by atoms with Crippen LogP contribution in [0, 0.1) is 5.41 Å². The largest absolute Gasteiger partial charge is 0.345 e. The third-order valence-corrected chi connectivity index (χ3v) is 6.07. The first kappa shape index (κ1) is 21.3. The van der Waals surface area contributed by atoms with E-state index in [1.807, 2.05) is 20.8 Å². The van der Waals surface area contributed by atoms with E-state index < -0.39 is 21.5 Å². The zero-order chi connectivity index (χ0) is 21.4. The predicted octanol–water partition coefficient (Wildman–Crippen LogP) is 2.47. The lowest BCUT2D eigenvalue weighted by Crippen LogP contribution is -2.41. The average molecular weight is 439 g/mol. The van der Waals surface area contributed by atoms with Crippen LogP contribution in [-0.4, -0.2) is 46.9 Å². The molecule has 3 rings (SSSR count). The highest BCUT2D eigenvalue weighted by Gasteiger charge is 2.38. The summed E-state index contributed by atoms with van der Waals surface area (Å²) in [6.45, 7) is 6.66. The molecule has 1 amide bonds. The Kier molecular flexibility index (Phi) is 5.68. The Hall–Kier alpha value is -2.46. The van der Waals surface area contributed by atoms with Gasteiger partial charge in [-0.15, -0.1) is 0 Å². The second-order valence-electron chi connectivity index (χ2n) is 7.54. The quantitative estimate of drug-likeness (QED) is 0.668. The van der Waals surface area contributed by atoms with Crippen LogP contribution in [0.25, 0.3) is 0 Å². The summed E-state index contributed by atoms with van der Waals surface area (Å²) in [5, 5.41) is 11.9. The van der Waals surface area contributed by atoms with E-state index >= 15 is 0 Å². The molecule has 0 spiro atoms. The molecule has 0 bridgehead atoms. The highest BCUT2D eigenvalue weighted by molar-refractivity contribution is 7.90. The van der Waals surface area contributed by atoms with Gasteiger partial charge in [0.15, 0.2) is 5.03 Å². The number of carbonyl (C=O) groups excluding carboxylic acids is 1. The van der Waals surface area contributed by atoms with Crippen molar-refractivity contribution in [2.24, 2.45) is 0 Å². The molecule has 0 atom stereocenters. The number of sulfonamides is 1. The molecule has 0 radical (unpaired) electrons. The van der Waals surface area contributed by atoms with E-state index in [4.69, 9.17) is 17.0 Å². The summed E-state index contributed by atoms with van der Waals surface area (Å²) in [5.41, 5.74) is 0.104. The number of nitrogens with one attached hydrogen (secondary N) is 2. The number of nitrogens with zero attached hydrogens (tertiary/aromatic N) is 4. The van der Waals surface area contributed by atoms with Crippen LogP contribution < -0.4 is 9.62 Å². The van der Waals surface area contributed by atoms with Crippen LogP contribution in [0.2, 0.25) is 5.15 Å². The molecule has 2 aromatic rings. The van der Waals surface area contributed by atoms with Gasteiger partial charge in [-0.3, -0.25) is 9.48 Å². The summed E-state index contributed by atoms with van der Waals surface area (Å²) in [6.07, 6.45) is 2.86. The van der Waals surface area contributed by atoms with Crippen LogP contribution in [0.3, 0.4) is 0 Å². The number of rotatable bonds is 6. The van der Waals surface area contributed by atoms with Crippen molar-refractivity contribution in [2.75, 3.05) is 11.4 Å². The SMILES string of the molecule is CCCn1ccc(S(=O)(=O)NC(=O)c2ccc(Cl)nc2N2CC(=N)CC2(C)C)n1. The van der Waals surface area contributed by atoms with Crippen molar-refractivity contribution in [1.82, 2.24) is 19.5 Å². The first-order valence-electron chi connectivity index (χ1n) is 9.14. The number of anilines is 1. The molecule has 0 aliphatic carbocycles. The van der Waals surface area contributed by atoms with Crippen molar-refractivity contribution in [2.45, 2.75) is 50.7 Å². The molecular formula is C18H23ClN6O3S. The normalized spacial score (nSPS) is 16.3. The van der Waals surface area contributed by atoms with Crippen LogP contribution in [-0.2, 0) is 16.6 Å². The van der Waals surface area contributed by atoms with Gasteiger partial charge < -0.3 is 10.3 Å². The van der Waals surface area contributed by atoms with Gasteiger partial charge in [0, 0.05) is 30.4 Å². The third-order valence-electron chi connectivity index (χ3n) is 4.64. The van der Waals surface area contributed by atoms with Crippen molar-refractivity contribution in [3.8, 4) is 0 Å². The Bertz CT molecular complexity index is 1060. The number of amides is 1. The summed E-state index contributed by atoms with van der Waals surface area (Å²) in [5.74, 6) is -0.586. The van der Waals surface area contributed by atoms with Crippen LogP contribution in [0.4, 0.5) is 5.82 Å². The Morgan fingerprint density at radius 1 is 1.34 bits per heavy atom. The van der Waals surface area contributed by atoms with E-state index in [-0.39, 0.29) is 28.1 Å². The molecule has 0 unspecified atom stereocenters. The Morgan fingerprint density at radius 3 is 2.69 bits per heavy atom. The maximum absolute atomic E-state index is 12.9. The summed E-state index contributed by atoms with van der Waals surface area (Å²) in [6, 6.07) is 4.21. The number of aryl methyl sites for hydroxylation is 1. The lowest BCUT2D eigenvalue weighted by atomic mass is 10.0. The molecule has 1 fully saturated rings. The summed E-state index contributed by atoms with van der Waals surface area (Å²) in [7, 11) is -4.15. The summed E-state index contributed by atoms with van der Waals surface area (Å²) >= 11 is 6.04. The van der Waals surface area contributed by atoms with E-state index in [1.54, 1.807) is 11.1 Å². The second kappa shape index (κ2) is 7.75. The van der Waals surface area contributed by atoms with Crippen molar-refractivity contribution in [3.63, 3.8) is 0 Å². The molecule has 3 heterocycles. The van der Waals surface area contributed by atoms with Crippen LogP contribution in [0.5, 0.6) is 0 Å². The van der Waals surface area contributed by atoms with Crippen molar-refractivity contribution in [1.29, 1.82) is 5.41 Å². The molecule has 1 aliphatic rings. The molecule has 9 nitrogen and oxygen atoms in total. The predicted molar refractivity (Wildman–Crippen MR) is 110 cm³/mol. The van der Waals surface area contributed by atoms with Crippen LogP contribution in [0.15, 0.2) is 29.4 Å². The molecule has 29 heavy (non-hydrogen) atoms. The summed E-state index contributed by atoms with van der Waals surface area (Å²) in [4.78, 5) is 18.9. The molecular weight excluding hydrogens is 416 g/mol. The number of pyridine rings is 1. The minimum Gasteiger partial charge on any atom is -0.345 e.